The number of piperidine rings is 1. The molecule has 2 aromatic rings. The number of likely N-dealkylation sites (tertiary alicyclic amines) is 2. The lowest BCUT2D eigenvalue weighted by atomic mass is 9.76. The molecule has 0 amide bonds. The molecular weight excluding hydrogens is 344 g/mol. The van der Waals surface area contributed by atoms with Crippen LogP contribution >= 0.6 is 11.3 Å². The fraction of sp³-hybridized carbons (Fsp3) is 0.600. The van der Waals surface area contributed by atoms with Gasteiger partial charge in [-0.05, 0) is 49.9 Å². The second-order valence-corrected chi connectivity index (χ2v) is 8.72. The van der Waals surface area contributed by atoms with E-state index in [1.165, 1.54) is 43.9 Å². The number of aromatic nitrogens is 2. The van der Waals surface area contributed by atoms with Crippen LogP contribution in [0.1, 0.15) is 30.0 Å². The number of ether oxygens (including phenoxy) is 1. The van der Waals surface area contributed by atoms with Gasteiger partial charge in [-0.25, -0.2) is 4.98 Å². The molecule has 6 heteroatoms. The van der Waals surface area contributed by atoms with E-state index in [1.807, 2.05) is 25.6 Å². The van der Waals surface area contributed by atoms with Crippen molar-refractivity contribution in [1.29, 1.82) is 0 Å². The van der Waals surface area contributed by atoms with Gasteiger partial charge < -0.3 is 4.74 Å². The first-order valence-corrected chi connectivity index (χ1v) is 10.4. The predicted octanol–water partition coefficient (Wildman–Crippen LogP) is 3.04. The van der Waals surface area contributed by atoms with Crippen molar-refractivity contribution in [2.24, 2.45) is 5.41 Å². The number of nitrogens with zero attached hydrogens (tertiary/aromatic N) is 4. The SMILES string of the molecule is COC[C@H]1CC2(CCN(Cc3nccs3)CC2)CN1Cc1ccccn1. The number of hydrogen-bond acceptors (Lipinski definition) is 6. The molecule has 0 radical (unpaired) electrons. The van der Waals surface area contributed by atoms with Crippen molar-refractivity contribution < 1.29 is 4.74 Å². The molecular formula is C20H28N4OS. The van der Waals surface area contributed by atoms with Gasteiger partial charge in [-0.3, -0.25) is 14.8 Å². The van der Waals surface area contributed by atoms with E-state index >= 15 is 0 Å². The van der Waals surface area contributed by atoms with E-state index < -0.39 is 0 Å². The van der Waals surface area contributed by atoms with E-state index in [9.17, 15) is 0 Å². The molecule has 140 valence electrons. The van der Waals surface area contributed by atoms with E-state index in [2.05, 4.69) is 37.3 Å². The van der Waals surface area contributed by atoms with Gasteiger partial charge in [0.1, 0.15) is 5.01 Å². The second kappa shape index (κ2) is 8.13. The normalized spacial score (nSPS) is 23.7. The van der Waals surface area contributed by atoms with Crippen LogP contribution in [0, 0.1) is 5.41 Å². The van der Waals surface area contributed by atoms with E-state index in [-0.39, 0.29) is 0 Å². The molecule has 4 rings (SSSR count). The summed E-state index contributed by atoms with van der Waals surface area (Å²) in [6.07, 6.45) is 7.60. The average Bonchev–Trinajstić information content (AvgIpc) is 3.27. The predicted molar refractivity (Wildman–Crippen MR) is 104 cm³/mol. The van der Waals surface area contributed by atoms with Crippen LogP contribution in [0.15, 0.2) is 36.0 Å². The quantitative estimate of drug-likeness (QED) is 0.780. The maximum Gasteiger partial charge on any atom is 0.107 e. The number of methoxy groups -OCH3 is 1. The molecule has 2 aromatic heterocycles. The molecule has 0 bridgehead atoms. The smallest absolute Gasteiger partial charge is 0.107 e. The molecule has 0 N–H and O–H groups in total. The van der Waals surface area contributed by atoms with Crippen molar-refractivity contribution in [3.8, 4) is 0 Å². The lowest BCUT2D eigenvalue weighted by molar-refractivity contribution is 0.101. The summed E-state index contributed by atoms with van der Waals surface area (Å²) in [5, 5.41) is 3.31. The van der Waals surface area contributed by atoms with Gasteiger partial charge in [0.25, 0.3) is 0 Å². The Bertz CT molecular complexity index is 670. The van der Waals surface area contributed by atoms with Gasteiger partial charge >= 0.3 is 0 Å². The minimum absolute atomic E-state index is 0.442. The molecule has 2 aliphatic heterocycles. The summed E-state index contributed by atoms with van der Waals surface area (Å²) in [5.41, 5.74) is 1.60. The molecule has 2 saturated heterocycles. The standard InChI is InChI=1S/C20H28N4OS/c1-25-15-18-12-20(16-24(18)13-17-4-2-3-7-21-17)5-9-23(10-6-20)14-19-22-8-11-26-19/h2-4,7-8,11,18H,5-6,9-10,12-16H2,1H3/t18-/m1/s1. The maximum atomic E-state index is 5.54. The van der Waals surface area contributed by atoms with E-state index in [0.29, 0.717) is 11.5 Å². The van der Waals surface area contributed by atoms with Crippen LogP contribution in [-0.2, 0) is 17.8 Å². The fourth-order valence-electron chi connectivity index (χ4n) is 4.56. The maximum absolute atomic E-state index is 5.54. The van der Waals surface area contributed by atoms with Gasteiger partial charge in [-0.1, -0.05) is 6.07 Å². The Labute approximate surface area is 160 Å². The highest BCUT2D eigenvalue weighted by molar-refractivity contribution is 7.09. The Balaban J connectivity index is 1.38. The summed E-state index contributed by atoms with van der Waals surface area (Å²) in [7, 11) is 1.82. The zero-order chi connectivity index (χ0) is 17.8. The van der Waals surface area contributed by atoms with Crippen LogP contribution in [0.25, 0.3) is 0 Å². The van der Waals surface area contributed by atoms with Gasteiger partial charge in [0.2, 0.25) is 0 Å². The van der Waals surface area contributed by atoms with Gasteiger partial charge in [-0.15, -0.1) is 11.3 Å². The Hall–Kier alpha value is -1.34. The van der Waals surface area contributed by atoms with Crippen molar-refractivity contribution >= 4 is 11.3 Å². The minimum Gasteiger partial charge on any atom is -0.383 e. The van der Waals surface area contributed by atoms with Crippen molar-refractivity contribution in [1.82, 2.24) is 19.8 Å². The zero-order valence-electron chi connectivity index (χ0n) is 15.5. The Morgan fingerprint density at radius 1 is 1.19 bits per heavy atom. The van der Waals surface area contributed by atoms with Crippen LogP contribution < -0.4 is 0 Å². The second-order valence-electron chi connectivity index (χ2n) is 7.74. The lowest BCUT2D eigenvalue weighted by Crippen LogP contribution is -2.41. The molecule has 2 fully saturated rings. The van der Waals surface area contributed by atoms with Gasteiger partial charge in [0.05, 0.1) is 18.8 Å². The third kappa shape index (κ3) is 4.14. The third-order valence-electron chi connectivity index (χ3n) is 5.93. The average molecular weight is 373 g/mol. The molecule has 0 aromatic carbocycles. The highest BCUT2D eigenvalue weighted by Gasteiger charge is 2.45. The monoisotopic (exact) mass is 372 g/mol. The molecule has 0 saturated carbocycles. The Kier molecular flexibility index (Phi) is 5.64. The van der Waals surface area contributed by atoms with Crippen LogP contribution in [-0.4, -0.2) is 59.2 Å². The first-order chi connectivity index (χ1) is 12.8. The molecule has 0 aliphatic carbocycles. The third-order valence-corrected chi connectivity index (χ3v) is 6.70. The number of thiazole rings is 1. The summed E-state index contributed by atoms with van der Waals surface area (Å²) in [5.74, 6) is 0. The van der Waals surface area contributed by atoms with Crippen molar-refractivity contribution in [3.63, 3.8) is 0 Å². The molecule has 1 spiro atoms. The van der Waals surface area contributed by atoms with Gasteiger partial charge in [-0.2, -0.15) is 0 Å². The Morgan fingerprint density at radius 2 is 2.08 bits per heavy atom. The van der Waals surface area contributed by atoms with Crippen molar-refractivity contribution in [2.45, 2.75) is 38.4 Å². The number of pyridine rings is 1. The molecule has 26 heavy (non-hydrogen) atoms. The summed E-state index contributed by atoms with van der Waals surface area (Å²) < 4.78 is 5.54. The van der Waals surface area contributed by atoms with E-state index in [0.717, 1.165) is 25.4 Å². The molecule has 0 unspecified atom stereocenters. The lowest BCUT2D eigenvalue weighted by Gasteiger charge is -2.39. The molecule has 4 heterocycles. The minimum atomic E-state index is 0.442. The number of hydrogen-bond donors (Lipinski definition) is 0. The van der Waals surface area contributed by atoms with E-state index in [4.69, 9.17) is 4.74 Å². The summed E-state index contributed by atoms with van der Waals surface area (Å²) in [6, 6.07) is 6.70. The summed E-state index contributed by atoms with van der Waals surface area (Å²) >= 11 is 1.76. The highest BCUT2D eigenvalue weighted by atomic mass is 32.1. The van der Waals surface area contributed by atoms with Crippen LogP contribution in [0.3, 0.4) is 0 Å². The largest absolute Gasteiger partial charge is 0.383 e. The fourth-order valence-corrected chi connectivity index (χ4v) is 5.22. The molecule has 1 atom stereocenters. The van der Waals surface area contributed by atoms with Crippen LogP contribution in [0.5, 0.6) is 0 Å². The van der Waals surface area contributed by atoms with Gasteiger partial charge in [0.15, 0.2) is 0 Å². The number of rotatable bonds is 6. The summed E-state index contributed by atoms with van der Waals surface area (Å²) in [4.78, 5) is 14.1. The van der Waals surface area contributed by atoms with Crippen molar-refractivity contribution in [2.75, 3.05) is 33.4 Å². The molecule has 5 nitrogen and oxygen atoms in total. The topological polar surface area (TPSA) is 41.5 Å². The van der Waals surface area contributed by atoms with Crippen LogP contribution in [0.4, 0.5) is 0 Å². The Morgan fingerprint density at radius 3 is 2.77 bits per heavy atom. The zero-order valence-corrected chi connectivity index (χ0v) is 16.3. The first kappa shape index (κ1) is 18.0. The van der Waals surface area contributed by atoms with E-state index in [1.54, 1.807) is 11.3 Å². The van der Waals surface area contributed by atoms with Gasteiger partial charge in [0, 0.05) is 44.0 Å². The first-order valence-electron chi connectivity index (χ1n) is 9.50. The van der Waals surface area contributed by atoms with Crippen molar-refractivity contribution in [3.05, 3.63) is 46.7 Å². The highest BCUT2D eigenvalue weighted by Crippen LogP contribution is 2.44. The summed E-state index contributed by atoms with van der Waals surface area (Å²) in [6.45, 7) is 6.28. The van der Waals surface area contributed by atoms with Crippen LogP contribution in [0.2, 0.25) is 0 Å². The molecule has 2 aliphatic rings.